The van der Waals surface area contributed by atoms with Crippen LogP contribution in [0.15, 0.2) is 65.7 Å². The second-order valence-electron chi connectivity index (χ2n) is 8.06. The molecule has 2 heterocycles. The van der Waals surface area contributed by atoms with Crippen LogP contribution in [0, 0.1) is 0 Å². The zero-order chi connectivity index (χ0) is 18.1. The third-order valence-corrected chi connectivity index (χ3v) is 6.92. The maximum atomic E-state index is 7.00. The minimum Gasteiger partial charge on any atom is -0.459 e. The minimum atomic E-state index is -0.551. The van der Waals surface area contributed by atoms with Gasteiger partial charge in [-0.25, -0.2) is 0 Å². The molecule has 0 amide bonds. The summed E-state index contributed by atoms with van der Waals surface area (Å²) < 4.78 is 7.00. The molecule has 1 saturated carbocycles. The van der Waals surface area contributed by atoms with Crippen LogP contribution in [-0.4, -0.2) is 19.0 Å². The largest absolute Gasteiger partial charge is 0.459 e. The van der Waals surface area contributed by atoms with E-state index in [1.165, 1.54) is 29.5 Å². The van der Waals surface area contributed by atoms with Crippen molar-refractivity contribution in [1.82, 2.24) is 0 Å². The Labute approximate surface area is 159 Å². The molecular weight excluding hydrogens is 332 g/mol. The van der Waals surface area contributed by atoms with Gasteiger partial charge in [0.2, 0.25) is 5.72 Å². The highest BCUT2D eigenvalue weighted by Gasteiger charge is 2.64. The van der Waals surface area contributed by atoms with Gasteiger partial charge in [-0.2, -0.15) is 0 Å². The SMILES string of the molecule is CN1c2ccccc2C2(CCCC2)C12C=Nc1ccc3ccccc3c1O2. The molecule has 3 nitrogen and oxygen atoms in total. The molecule has 3 aliphatic rings. The van der Waals surface area contributed by atoms with Crippen molar-refractivity contribution in [2.75, 3.05) is 11.9 Å². The number of para-hydroxylation sites is 1. The fourth-order valence-electron chi connectivity index (χ4n) is 5.63. The van der Waals surface area contributed by atoms with Gasteiger partial charge in [-0.15, -0.1) is 0 Å². The molecule has 3 heteroatoms. The second-order valence-corrected chi connectivity index (χ2v) is 8.06. The molecule has 134 valence electrons. The molecule has 3 aromatic carbocycles. The number of hydrogen-bond acceptors (Lipinski definition) is 3. The highest BCUT2D eigenvalue weighted by molar-refractivity contribution is 5.97. The van der Waals surface area contributed by atoms with Crippen molar-refractivity contribution in [2.45, 2.75) is 36.8 Å². The lowest BCUT2D eigenvalue weighted by atomic mass is 9.72. The lowest BCUT2D eigenvalue weighted by Crippen LogP contribution is -2.62. The molecule has 0 saturated heterocycles. The zero-order valence-corrected chi connectivity index (χ0v) is 15.5. The van der Waals surface area contributed by atoms with Crippen LogP contribution in [0.5, 0.6) is 5.75 Å². The molecule has 1 fully saturated rings. The average Bonchev–Trinajstić information content (AvgIpc) is 3.29. The summed E-state index contributed by atoms with van der Waals surface area (Å²) in [6, 6.07) is 21.4. The molecule has 1 aliphatic carbocycles. The van der Waals surface area contributed by atoms with Crippen molar-refractivity contribution in [3.05, 3.63) is 66.2 Å². The van der Waals surface area contributed by atoms with Gasteiger partial charge in [-0.3, -0.25) is 4.99 Å². The van der Waals surface area contributed by atoms with Gasteiger partial charge in [0.1, 0.15) is 5.69 Å². The Kier molecular flexibility index (Phi) is 2.90. The van der Waals surface area contributed by atoms with E-state index in [0.29, 0.717) is 0 Å². The Morgan fingerprint density at radius 1 is 0.926 bits per heavy atom. The third kappa shape index (κ3) is 1.75. The van der Waals surface area contributed by atoms with Crippen LogP contribution in [0.1, 0.15) is 31.2 Å². The molecule has 0 bridgehead atoms. The molecule has 3 aromatic rings. The van der Waals surface area contributed by atoms with Crippen molar-refractivity contribution < 1.29 is 4.74 Å². The minimum absolute atomic E-state index is 0.0313. The lowest BCUT2D eigenvalue weighted by Gasteiger charge is -2.46. The van der Waals surface area contributed by atoms with E-state index in [0.717, 1.165) is 29.7 Å². The summed E-state index contributed by atoms with van der Waals surface area (Å²) in [6.45, 7) is 0. The van der Waals surface area contributed by atoms with E-state index in [1.807, 2.05) is 0 Å². The molecule has 2 aliphatic heterocycles. The van der Waals surface area contributed by atoms with E-state index >= 15 is 0 Å². The van der Waals surface area contributed by atoms with E-state index < -0.39 is 5.72 Å². The highest BCUT2D eigenvalue weighted by atomic mass is 16.5. The van der Waals surface area contributed by atoms with Crippen molar-refractivity contribution in [3.8, 4) is 5.75 Å². The number of nitrogens with zero attached hydrogens (tertiary/aromatic N) is 2. The van der Waals surface area contributed by atoms with Gasteiger partial charge < -0.3 is 9.64 Å². The predicted molar refractivity (Wildman–Crippen MR) is 110 cm³/mol. The van der Waals surface area contributed by atoms with Crippen LogP contribution in [0.2, 0.25) is 0 Å². The van der Waals surface area contributed by atoms with Gasteiger partial charge in [-0.05, 0) is 35.9 Å². The van der Waals surface area contributed by atoms with Crippen molar-refractivity contribution in [2.24, 2.45) is 4.99 Å². The number of rotatable bonds is 0. The number of likely N-dealkylation sites (N-methyl/N-ethyl adjacent to an activating group) is 1. The monoisotopic (exact) mass is 354 g/mol. The Morgan fingerprint density at radius 3 is 2.59 bits per heavy atom. The first-order chi connectivity index (χ1) is 13.3. The number of ether oxygens (including phenoxy) is 1. The van der Waals surface area contributed by atoms with Crippen LogP contribution >= 0.6 is 0 Å². The number of hydrogen-bond donors (Lipinski definition) is 0. The van der Waals surface area contributed by atoms with Crippen molar-refractivity contribution in [1.29, 1.82) is 0 Å². The number of aliphatic imine (C=N–C) groups is 1. The third-order valence-electron chi connectivity index (χ3n) is 6.92. The van der Waals surface area contributed by atoms with Gasteiger partial charge in [0.25, 0.3) is 0 Å². The topological polar surface area (TPSA) is 24.8 Å². The van der Waals surface area contributed by atoms with Crippen LogP contribution in [-0.2, 0) is 5.41 Å². The van der Waals surface area contributed by atoms with Gasteiger partial charge in [0.15, 0.2) is 5.75 Å². The fourth-order valence-corrected chi connectivity index (χ4v) is 5.63. The first kappa shape index (κ1) is 15.3. The standard InChI is InChI=1S/C24H22N2O/c1-26-21-11-5-4-10-19(21)23(14-6-7-15-23)24(26)16-25-20-13-12-17-8-2-3-9-18(17)22(20)27-24/h2-5,8-13,16H,6-7,14-15H2,1H3. The molecule has 0 aromatic heterocycles. The summed E-state index contributed by atoms with van der Waals surface area (Å²) in [7, 11) is 2.16. The molecule has 6 rings (SSSR count). The lowest BCUT2D eigenvalue weighted by molar-refractivity contribution is 0.0677. The smallest absolute Gasteiger partial charge is 0.229 e. The molecule has 2 spiro atoms. The van der Waals surface area contributed by atoms with Crippen LogP contribution in [0.3, 0.4) is 0 Å². The Hall–Kier alpha value is -2.81. The van der Waals surface area contributed by atoms with Gasteiger partial charge >= 0.3 is 0 Å². The van der Waals surface area contributed by atoms with Gasteiger partial charge in [-0.1, -0.05) is 61.4 Å². The van der Waals surface area contributed by atoms with Crippen molar-refractivity contribution >= 4 is 28.4 Å². The number of benzene rings is 3. The average molecular weight is 354 g/mol. The summed E-state index contributed by atoms with van der Waals surface area (Å²) in [5.41, 5.74) is 3.03. The maximum Gasteiger partial charge on any atom is 0.229 e. The van der Waals surface area contributed by atoms with E-state index in [4.69, 9.17) is 9.73 Å². The van der Waals surface area contributed by atoms with Crippen molar-refractivity contribution in [3.63, 3.8) is 0 Å². The van der Waals surface area contributed by atoms with Crippen LogP contribution < -0.4 is 9.64 Å². The summed E-state index contributed by atoms with van der Waals surface area (Å²) >= 11 is 0. The molecule has 0 N–H and O–H groups in total. The molecular formula is C24H22N2O. The Balaban J connectivity index is 1.62. The quantitative estimate of drug-likeness (QED) is 0.525. The first-order valence-electron chi connectivity index (χ1n) is 9.85. The first-order valence-corrected chi connectivity index (χ1v) is 9.85. The molecule has 1 unspecified atom stereocenters. The zero-order valence-electron chi connectivity index (χ0n) is 15.5. The normalized spacial score (nSPS) is 24.4. The molecule has 0 radical (unpaired) electrons. The molecule has 27 heavy (non-hydrogen) atoms. The van der Waals surface area contributed by atoms with E-state index in [9.17, 15) is 0 Å². The summed E-state index contributed by atoms with van der Waals surface area (Å²) in [5.74, 6) is 0.918. The van der Waals surface area contributed by atoms with Crippen LogP contribution in [0.4, 0.5) is 11.4 Å². The van der Waals surface area contributed by atoms with Gasteiger partial charge in [0, 0.05) is 18.1 Å². The molecule has 1 atom stereocenters. The Morgan fingerprint density at radius 2 is 1.70 bits per heavy atom. The second kappa shape index (κ2) is 5.13. The fraction of sp³-hybridized carbons (Fsp3) is 0.292. The highest BCUT2D eigenvalue weighted by Crippen LogP contribution is 2.60. The maximum absolute atomic E-state index is 7.00. The van der Waals surface area contributed by atoms with Gasteiger partial charge in [0.05, 0.1) is 11.6 Å². The van der Waals surface area contributed by atoms with Crippen LogP contribution in [0.25, 0.3) is 10.8 Å². The summed E-state index contributed by atoms with van der Waals surface area (Å²) in [5, 5.41) is 2.34. The number of fused-ring (bicyclic) bond motifs is 6. The van der Waals surface area contributed by atoms with E-state index in [2.05, 4.69) is 78.8 Å². The number of anilines is 1. The Bertz CT molecular complexity index is 1100. The predicted octanol–water partition coefficient (Wildman–Crippen LogP) is 5.59. The van der Waals surface area contributed by atoms with E-state index in [-0.39, 0.29) is 5.41 Å². The summed E-state index contributed by atoms with van der Waals surface area (Å²) in [6.07, 6.45) is 6.84. The summed E-state index contributed by atoms with van der Waals surface area (Å²) in [4.78, 5) is 7.26. The van der Waals surface area contributed by atoms with E-state index in [1.54, 1.807) is 0 Å².